The van der Waals surface area contributed by atoms with E-state index >= 15 is 0 Å². The van der Waals surface area contributed by atoms with E-state index < -0.39 is 0 Å². The average molecular weight is 1180 g/mol. The van der Waals surface area contributed by atoms with E-state index in [4.69, 9.17) is 0 Å². The third-order valence-electron chi connectivity index (χ3n) is 22.0. The van der Waals surface area contributed by atoms with Crippen molar-refractivity contribution in [1.29, 1.82) is 0 Å². The van der Waals surface area contributed by atoms with Gasteiger partial charge in [-0.2, -0.15) is 0 Å². The van der Waals surface area contributed by atoms with Gasteiger partial charge in [-0.3, -0.25) is 0 Å². The van der Waals surface area contributed by atoms with E-state index in [2.05, 4.69) is 334 Å². The van der Waals surface area contributed by atoms with E-state index in [9.17, 15) is 0 Å². The third kappa shape index (κ3) is 7.14. The summed E-state index contributed by atoms with van der Waals surface area (Å²) >= 11 is 0. The summed E-state index contributed by atoms with van der Waals surface area (Å²) in [5.41, 5.74) is 23.2. The summed E-state index contributed by atoms with van der Waals surface area (Å²) in [7, 11) is 0. The van der Waals surface area contributed by atoms with Gasteiger partial charge in [0.05, 0.1) is 16.6 Å². The second-order valence-corrected chi connectivity index (χ2v) is 27.3. The fraction of sp³-hybridized carbons (Fsp3) is 0.0667. The molecule has 0 fully saturated rings. The lowest BCUT2D eigenvalue weighted by Gasteiger charge is -2.36. The quantitative estimate of drug-likeness (QED) is 0.111. The summed E-state index contributed by atoms with van der Waals surface area (Å²) < 4.78 is 5.45. The van der Waals surface area contributed by atoms with E-state index in [1.807, 2.05) is 0 Å². The van der Waals surface area contributed by atoms with Crippen LogP contribution in [0.15, 0.2) is 297 Å². The van der Waals surface area contributed by atoms with Gasteiger partial charge in [0, 0.05) is 60.0 Å². The highest BCUT2D eigenvalue weighted by molar-refractivity contribution is 7.00. The Bertz CT molecular complexity index is 6230. The third-order valence-corrected chi connectivity index (χ3v) is 22.0. The molecule has 18 aromatic rings. The topological polar surface area (TPSA) is 9.86 Å². The Morgan fingerprint density at radius 3 is 1.27 bits per heavy atom. The standard InChI is InChI=1S/C90H61BN2/c1-89(2,57-30-13-7-14-31-57)59-44-46-77-72(50-59)74-51-60(90(3,4)58-32-15-8-16-33-58)52-75-87(74)92(77)79-48-56(62-43-25-42-61(54-26-9-5-10-27-54)81(62)55-28-11-6-12-29-55)49-80-86(79)91(75)76-53-73-68-39-20-18-35-64(68)66-37-22-24-41-70(66)83(73)85-84-78(93(80)88(76)85)47-45-71-67-38-19-17-34-63(67)65-36-21-23-40-69(65)82(71)84/h5-53H,1-4H3. The van der Waals surface area contributed by atoms with Gasteiger partial charge in [-0.25, -0.2) is 0 Å². The lowest BCUT2D eigenvalue weighted by molar-refractivity contribution is 0.641. The van der Waals surface area contributed by atoms with Crippen molar-refractivity contribution in [2.45, 2.75) is 38.5 Å². The predicted molar refractivity (Wildman–Crippen MR) is 398 cm³/mol. The van der Waals surface area contributed by atoms with Crippen LogP contribution in [0, 0.1) is 0 Å². The summed E-state index contributed by atoms with van der Waals surface area (Å²) in [6, 6.07) is 114. The van der Waals surface area contributed by atoms with Crippen molar-refractivity contribution in [3.8, 4) is 44.8 Å². The summed E-state index contributed by atoms with van der Waals surface area (Å²) in [6.45, 7) is 9.48. The Balaban J connectivity index is 1.03. The maximum Gasteiger partial charge on any atom is 0.252 e. The van der Waals surface area contributed by atoms with Crippen molar-refractivity contribution >= 4 is 131 Å². The van der Waals surface area contributed by atoms with Gasteiger partial charge < -0.3 is 9.13 Å². The van der Waals surface area contributed by atoms with E-state index in [1.54, 1.807) is 0 Å². The number of rotatable bonds is 7. The van der Waals surface area contributed by atoms with Gasteiger partial charge in [0.2, 0.25) is 0 Å². The first-order valence-corrected chi connectivity index (χ1v) is 32.9. The molecule has 0 saturated heterocycles. The molecule has 4 heterocycles. The molecule has 0 N–H and O–H groups in total. The molecule has 2 aliphatic rings. The molecule has 20 rings (SSSR count). The normalized spacial score (nSPS) is 12.9. The van der Waals surface area contributed by atoms with Crippen LogP contribution in [-0.4, -0.2) is 15.8 Å². The summed E-state index contributed by atoms with van der Waals surface area (Å²) in [6.07, 6.45) is 0. The van der Waals surface area contributed by atoms with E-state index in [-0.39, 0.29) is 17.5 Å². The molecule has 0 aliphatic carbocycles. The molecule has 93 heavy (non-hydrogen) atoms. The molecule has 0 unspecified atom stereocenters. The summed E-state index contributed by atoms with van der Waals surface area (Å²) in [5.74, 6) is 0. The van der Waals surface area contributed by atoms with Crippen LogP contribution in [0.3, 0.4) is 0 Å². The molecule has 2 aromatic heterocycles. The van der Waals surface area contributed by atoms with Gasteiger partial charge in [-0.1, -0.05) is 289 Å². The molecule has 16 aromatic carbocycles. The van der Waals surface area contributed by atoms with Gasteiger partial charge in [-0.15, -0.1) is 0 Å². The number of benzene rings is 16. The monoisotopic (exact) mass is 1180 g/mol. The first-order chi connectivity index (χ1) is 45.7. The highest BCUT2D eigenvalue weighted by atomic mass is 15.0. The van der Waals surface area contributed by atoms with E-state index in [1.165, 1.54) is 192 Å². The minimum Gasteiger partial charge on any atom is -0.310 e. The Hall–Kier alpha value is -11.3. The fourth-order valence-corrected chi connectivity index (χ4v) is 17.5. The van der Waals surface area contributed by atoms with Gasteiger partial charge >= 0.3 is 0 Å². The van der Waals surface area contributed by atoms with Crippen molar-refractivity contribution in [2.75, 3.05) is 0 Å². The summed E-state index contributed by atoms with van der Waals surface area (Å²) in [5, 5.41) is 20.5. The maximum atomic E-state index is 2.75. The lowest BCUT2D eigenvalue weighted by atomic mass is 9.34. The van der Waals surface area contributed by atoms with Crippen LogP contribution < -0.4 is 16.4 Å². The molecule has 0 radical (unpaired) electrons. The van der Waals surface area contributed by atoms with Crippen LogP contribution in [0.4, 0.5) is 0 Å². The fourth-order valence-electron chi connectivity index (χ4n) is 17.5. The van der Waals surface area contributed by atoms with Crippen molar-refractivity contribution in [3.05, 3.63) is 320 Å². The predicted octanol–water partition coefficient (Wildman–Crippen LogP) is 21.6. The minimum atomic E-state index is -0.355. The molecule has 3 heteroatoms. The molecular formula is C90H61BN2. The van der Waals surface area contributed by atoms with Crippen LogP contribution in [0.25, 0.3) is 153 Å². The highest BCUT2D eigenvalue weighted by Crippen LogP contribution is 2.52. The molecule has 0 atom stereocenters. The average Bonchev–Trinajstić information content (AvgIpc) is 1.54. The Labute approximate surface area is 539 Å². The van der Waals surface area contributed by atoms with Gasteiger partial charge in [0.15, 0.2) is 0 Å². The van der Waals surface area contributed by atoms with Gasteiger partial charge in [0.1, 0.15) is 0 Å². The number of nitrogens with zero attached hydrogens (tertiary/aromatic N) is 2. The number of hydrogen-bond donors (Lipinski definition) is 0. The van der Waals surface area contributed by atoms with Crippen molar-refractivity contribution in [2.24, 2.45) is 0 Å². The van der Waals surface area contributed by atoms with Gasteiger partial charge in [0.25, 0.3) is 6.71 Å². The zero-order valence-corrected chi connectivity index (χ0v) is 52.3. The first-order valence-electron chi connectivity index (χ1n) is 32.9. The molecular weight excluding hydrogens is 1120 g/mol. The minimum absolute atomic E-state index is 0.169. The summed E-state index contributed by atoms with van der Waals surface area (Å²) in [4.78, 5) is 0. The Kier molecular flexibility index (Phi) is 10.8. The van der Waals surface area contributed by atoms with Crippen molar-refractivity contribution in [1.82, 2.24) is 9.13 Å². The molecule has 0 saturated carbocycles. The molecule has 0 amide bonds. The first kappa shape index (κ1) is 52.5. The maximum absolute atomic E-state index is 2.75. The second-order valence-electron chi connectivity index (χ2n) is 27.3. The second kappa shape index (κ2) is 19.2. The lowest BCUT2D eigenvalue weighted by Crippen LogP contribution is -2.59. The van der Waals surface area contributed by atoms with Crippen LogP contribution in [0.2, 0.25) is 0 Å². The molecule has 2 aliphatic heterocycles. The molecule has 2 nitrogen and oxygen atoms in total. The van der Waals surface area contributed by atoms with Crippen molar-refractivity contribution < 1.29 is 0 Å². The van der Waals surface area contributed by atoms with Crippen LogP contribution in [0.5, 0.6) is 0 Å². The molecule has 0 bridgehead atoms. The number of aromatic nitrogens is 2. The zero-order valence-electron chi connectivity index (χ0n) is 52.3. The van der Waals surface area contributed by atoms with E-state index in [0.29, 0.717) is 0 Å². The smallest absolute Gasteiger partial charge is 0.252 e. The number of fused-ring (bicyclic) bond motifs is 24. The van der Waals surface area contributed by atoms with Crippen LogP contribution >= 0.6 is 0 Å². The zero-order chi connectivity index (χ0) is 61.6. The SMILES string of the molecule is CC(C)(c1ccccc1)c1ccc2c(c1)c1cc(C(C)(C)c3ccccc3)cc3c1n2-c1cc(-c2cccc(-c4ccccc4)c2-c2ccccc2)cc2c1B3c1cc3c4ccccc4c4ccccc4c3c3c4c5c6ccccc6c6ccccc6c5ccc4n-2c13. The molecule has 0 spiro atoms. The van der Waals surface area contributed by atoms with Crippen molar-refractivity contribution in [3.63, 3.8) is 0 Å². The highest BCUT2D eigenvalue weighted by Gasteiger charge is 2.44. The Morgan fingerprint density at radius 1 is 0.258 bits per heavy atom. The van der Waals surface area contributed by atoms with Crippen LogP contribution in [0.1, 0.15) is 49.9 Å². The number of hydrogen-bond acceptors (Lipinski definition) is 0. The largest absolute Gasteiger partial charge is 0.310 e. The molecule has 434 valence electrons. The van der Waals surface area contributed by atoms with Crippen LogP contribution in [-0.2, 0) is 10.8 Å². The Morgan fingerprint density at radius 2 is 0.688 bits per heavy atom. The van der Waals surface area contributed by atoms with E-state index in [0.717, 1.165) is 0 Å². The van der Waals surface area contributed by atoms with Gasteiger partial charge in [-0.05, 0) is 162 Å².